The fourth-order valence-corrected chi connectivity index (χ4v) is 5.76. The fourth-order valence-electron chi connectivity index (χ4n) is 4.14. The van der Waals surface area contributed by atoms with Crippen LogP contribution >= 0.6 is 22.7 Å². The van der Waals surface area contributed by atoms with Gasteiger partial charge in [0.1, 0.15) is 18.9 Å². The van der Waals surface area contributed by atoms with E-state index in [1.165, 1.54) is 21.8 Å². The Morgan fingerprint density at radius 1 is 1.12 bits per heavy atom. The summed E-state index contributed by atoms with van der Waals surface area (Å²) in [6.45, 7) is 7.84. The van der Waals surface area contributed by atoms with Crippen molar-refractivity contribution in [2.75, 3.05) is 26.2 Å². The molecule has 3 heterocycles. The maximum Gasteiger partial charge on any atom is 0.264 e. The summed E-state index contributed by atoms with van der Waals surface area (Å²) < 4.78 is 6.16. The minimum absolute atomic E-state index is 0.0395. The molecule has 0 saturated carbocycles. The number of fused-ring (bicyclic) bond motifs is 1. The van der Waals surface area contributed by atoms with E-state index in [4.69, 9.17) is 4.74 Å². The number of benzene rings is 1. The minimum atomic E-state index is -0.159. The van der Waals surface area contributed by atoms with Gasteiger partial charge in [-0.15, -0.1) is 22.7 Å². The van der Waals surface area contributed by atoms with Gasteiger partial charge in [-0.1, -0.05) is 32.0 Å². The molecule has 1 aliphatic rings. The second-order valence-electron chi connectivity index (χ2n) is 8.48. The van der Waals surface area contributed by atoms with Crippen molar-refractivity contribution in [2.24, 2.45) is 0 Å². The van der Waals surface area contributed by atoms with Crippen LogP contribution in [0, 0.1) is 0 Å². The highest BCUT2D eigenvalue weighted by atomic mass is 32.1. The standard InChI is InChI=1S/C26H30N2O3S2/c1-4-27(26(30)24-6-5-14-32-24)16-25(29)28-13-11-23-21(12-15-33-23)22(28)17-31-20-9-7-19(8-10-20)18(2)3/h5-10,12,14-15,18,22H,4,11,13,16-17H2,1-3H3/t22-/m0/s1. The summed E-state index contributed by atoms with van der Waals surface area (Å²) in [5, 5.41) is 3.97. The Morgan fingerprint density at radius 2 is 1.91 bits per heavy atom. The number of carbonyl (C=O) groups excluding carboxylic acids is 2. The maximum absolute atomic E-state index is 13.4. The van der Waals surface area contributed by atoms with Gasteiger partial charge >= 0.3 is 0 Å². The number of thiophene rings is 2. The van der Waals surface area contributed by atoms with Crippen molar-refractivity contribution < 1.29 is 14.3 Å². The SMILES string of the molecule is CCN(CC(=O)N1CCc2sccc2[C@@H]1COc1ccc(C(C)C)cc1)C(=O)c1cccs1. The lowest BCUT2D eigenvalue weighted by Gasteiger charge is -2.37. The zero-order valence-corrected chi connectivity index (χ0v) is 21.0. The summed E-state index contributed by atoms with van der Waals surface area (Å²) in [6.07, 6.45) is 0.837. The smallest absolute Gasteiger partial charge is 0.264 e. The molecule has 0 aliphatic carbocycles. The molecule has 0 saturated heterocycles. The molecule has 0 N–H and O–H groups in total. The van der Waals surface area contributed by atoms with E-state index in [2.05, 4.69) is 37.4 Å². The number of likely N-dealkylation sites (N-methyl/N-ethyl adjacent to an activating group) is 1. The molecule has 0 bridgehead atoms. The lowest BCUT2D eigenvalue weighted by atomic mass is 10.00. The summed E-state index contributed by atoms with van der Waals surface area (Å²) in [4.78, 5) is 31.7. The molecule has 5 nitrogen and oxygen atoms in total. The van der Waals surface area contributed by atoms with E-state index >= 15 is 0 Å². The number of rotatable bonds is 8. The third-order valence-corrected chi connectivity index (χ3v) is 7.95. The van der Waals surface area contributed by atoms with Gasteiger partial charge in [-0.3, -0.25) is 9.59 Å². The fraction of sp³-hybridized carbons (Fsp3) is 0.385. The van der Waals surface area contributed by atoms with E-state index < -0.39 is 0 Å². The highest BCUT2D eigenvalue weighted by molar-refractivity contribution is 7.12. The number of ether oxygens (including phenoxy) is 1. The van der Waals surface area contributed by atoms with E-state index in [0.717, 1.165) is 17.7 Å². The minimum Gasteiger partial charge on any atom is -0.491 e. The Morgan fingerprint density at radius 3 is 2.58 bits per heavy atom. The number of hydrogen-bond donors (Lipinski definition) is 0. The Balaban J connectivity index is 1.48. The highest BCUT2D eigenvalue weighted by Gasteiger charge is 2.33. The monoisotopic (exact) mass is 482 g/mol. The lowest BCUT2D eigenvalue weighted by molar-refractivity contribution is -0.135. The van der Waals surface area contributed by atoms with Crippen LogP contribution in [0.5, 0.6) is 5.75 Å². The van der Waals surface area contributed by atoms with Gasteiger partial charge in [0.15, 0.2) is 0 Å². The van der Waals surface area contributed by atoms with Crippen molar-refractivity contribution in [1.29, 1.82) is 0 Å². The Hall–Kier alpha value is -2.64. The molecule has 3 aromatic rings. The Kier molecular flexibility index (Phi) is 7.50. The van der Waals surface area contributed by atoms with Crippen LogP contribution in [0.1, 0.15) is 58.4 Å². The molecule has 7 heteroatoms. The van der Waals surface area contributed by atoms with Gasteiger partial charge in [0.25, 0.3) is 5.91 Å². The maximum atomic E-state index is 13.4. The Labute approximate surface area is 203 Å². The van der Waals surface area contributed by atoms with Crippen LogP contribution < -0.4 is 4.74 Å². The van der Waals surface area contributed by atoms with E-state index in [1.54, 1.807) is 22.3 Å². The van der Waals surface area contributed by atoms with Gasteiger partial charge in [0, 0.05) is 18.0 Å². The van der Waals surface area contributed by atoms with Crippen LogP contribution in [0.25, 0.3) is 0 Å². The third kappa shape index (κ3) is 5.31. The molecule has 4 rings (SSSR count). The van der Waals surface area contributed by atoms with Gasteiger partial charge in [0.05, 0.1) is 10.9 Å². The first kappa shape index (κ1) is 23.5. The molecule has 2 amide bonds. The van der Waals surface area contributed by atoms with Crippen molar-refractivity contribution in [3.8, 4) is 5.75 Å². The van der Waals surface area contributed by atoms with Crippen LogP contribution in [0.15, 0.2) is 53.2 Å². The summed E-state index contributed by atoms with van der Waals surface area (Å²) in [5.41, 5.74) is 2.43. The molecule has 0 radical (unpaired) electrons. The first-order valence-corrected chi connectivity index (χ1v) is 13.1. The van der Waals surface area contributed by atoms with Crippen molar-refractivity contribution in [2.45, 2.75) is 39.2 Å². The van der Waals surface area contributed by atoms with Crippen LogP contribution in [0.4, 0.5) is 0 Å². The van der Waals surface area contributed by atoms with Crippen molar-refractivity contribution in [3.63, 3.8) is 0 Å². The molecule has 1 aliphatic heterocycles. The molecule has 0 fully saturated rings. The van der Waals surface area contributed by atoms with Crippen LogP contribution in [0.3, 0.4) is 0 Å². The van der Waals surface area contributed by atoms with Gasteiger partial charge < -0.3 is 14.5 Å². The number of amides is 2. The molecular formula is C26H30N2O3S2. The van der Waals surface area contributed by atoms with Crippen molar-refractivity contribution in [1.82, 2.24) is 9.80 Å². The van der Waals surface area contributed by atoms with Gasteiger partial charge in [-0.25, -0.2) is 0 Å². The van der Waals surface area contributed by atoms with Crippen LogP contribution in [0.2, 0.25) is 0 Å². The van der Waals surface area contributed by atoms with Gasteiger partial charge in [-0.2, -0.15) is 0 Å². The topological polar surface area (TPSA) is 49.9 Å². The van der Waals surface area contributed by atoms with Crippen LogP contribution in [-0.4, -0.2) is 47.9 Å². The third-order valence-electron chi connectivity index (χ3n) is 6.10. The average Bonchev–Trinajstić information content (AvgIpc) is 3.53. The largest absolute Gasteiger partial charge is 0.491 e. The molecule has 33 heavy (non-hydrogen) atoms. The molecule has 174 valence electrons. The van der Waals surface area contributed by atoms with Crippen molar-refractivity contribution in [3.05, 3.63) is 74.1 Å². The normalized spacial score (nSPS) is 15.4. The van der Waals surface area contributed by atoms with E-state index in [9.17, 15) is 9.59 Å². The predicted molar refractivity (Wildman–Crippen MR) is 134 cm³/mol. The second kappa shape index (κ2) is 10.5. The second-order valence-corrected chi connectivity index (χ2v) is 10.4. The van der Waals surface area contributed by atoms with Crippen molar-refractivity contribution >= 4 is 34.5 Å². The number of hydrogen-bond acceptors (Lipinski definition) is 5. The first-order valence-electron chi connectivity index (χ1n) is 11.4. The summed E-state index contributed by atoms with van der Waals surface area (Å²) in [7, 11) is 0. The molecule has 1 atom stereocenters. The van der Waals surface area contributed by atoms with Gasteiger partial charge in [-0.05, 0) is 65.4 Å². The zero-order valence-electron chi connectivity index (χ0n) is 19.3. The summed E-state index contributed by atoms with van der Waals surface area (Å²) >= 11 is 3.14. The molecule has 1 aromatic carbocycles. The highest BCUT2D eigenvalue weighted by Crippen LogP contribution is 2.34. The summed E-state index contributed by atoms with van der Waals surface area (Å²) in [5.74, 6) is 1.14. The van der Waals surface area contributed by atoms with E-state index in [1.807, 2.05) is 35.4 Å². The van der Waals surface area contributed by atoms with E-state index in [0.29, 0.717) is 30.5 Å². The lowest BCUT2D eigenvalue weighted by Crippen LogP contribution is -2.47. The quantitative estimate of drug-likeness (QED) is 0.420. The average molecular weight is 483 g/mol. The number of carbonyl (C=O) groups is 2. The molecule has 0 spiro atoms. The first-order chi connectivity index (χ1) is 16.0. The summed E-state index contributed by atoms with van der Waals surface area (Å²) in [6, 6.07) is 13.8. The molecule has 2 aromatic heterocycles. The van der Waals surface area contributed by atoms with Gasteiger partial charge in [0.2, 0.25) is 5.91 Å². The Bertz CT molecular complexity index is 1070. The van der Waals surface area contributed by atoms with Crippen LogP contribution in [-0.2, 0) is 11.2 Å². The molecule has 0 unspecified atom stereocenters. The van der Waals surface area contributed by atoms with E-state index in [-0.39, 0.29) is 24.4 Å². The predicted octanol–water partition coefficient (Wildman–Crippen LogP) is 5.60. The zero-order chi connectivity index (χ0) is 23.4. The number of nitrogens with zero attached hydrogens (tertiary/aromatic N) is 2. The molecular weight excluding hydrogens is 452 g/mol.